The lowest BCUT2D eigenvalue weighted by Gasteiger charge is -2.27. The van der Waals surface area contributed by atoms with Crippen LogP contribution in [0.1, 0.15) is 41.6 Å². The Kier molecular flexibility index (Phi) is 7.43. The van der Waals surface area contributed by atoms with Crippen LogP contribution in [0.2, 0.25) is 0 Å². The van der Waals surface area contributed by atoms with E-state index in [1.165, 1.54) is 0 Å². The van der Waals surface area contributed by atoms with Crippen molar-refractivity contribution < 1.29 is 19.1 Å². The largest absolute Gasteiger partial charge is 0.457 e. The molecule has 0 aromatic heterocycles. The van der Waals surface area contributed by atoms with Gasteiger partial charge in [0.15, 0.2) is 5.96 Å². The van der Waals surface area contributed by atoms with Gasteiger partial charge in [0, 0.05) is 6.54 Å². The van der Waals surface area contributed by atoms with Crippen molar-refractivity contribution in [2.45, 2.75) is 32.3 Å². The fraction of sp³-hybridized carbons (Fsp3) is 0.348. The molecule has 0 unspecified atom stereocenters. The summed E-state index contributed by atoms with van der Waals surface area (Å²) in [4.78, 5) is 25.2. The van der Waals surface area contributed by atoms with Crippen LogP contribution in [-0.2, 0) is 16.1 Å². The van der Waals surface area contributed by atoms with E-state index < -0.39 is 5.97 Å². The molecule has 0 heterocycles. The minimum absolute atomic E-state index is 0.0349. The predicted octanol–water partition coefficient (Wildman–Crippen LogP) is 3.24. The lowest BCUT2D eigenvalue weighted by molar-refractivity contribution is -0.140. The summed E-state index contributed by atoms with van der Waals surface area (Å²) in [6.07, 6.45) is 3.15. The second-order valence-corrected chi connectivity index (χ2v) is 7.49. The molecule has 2 aromatic carbocycles. The van der Waals surface area contributed by atoms with E-state index in [0.717, 1.165) is 18.4 Å². The van der Waals surface area contributed by atoms with Gasteiger partial charge in [-0.05, 0) is 49.3 Å². The van der Waals surface area contributed by atoms with Crippen molar-refractivity contribution in [1.29, 1.82) is 5.41 Å². The molecule has 2 aromatic rings. The van der Waals surface area contributed by atoms with Crippen LogP contribution < -0.4 is 15.8 Å². The van der Waals surface area contributed by atoms with Gasteiger partial charge in [0.1, 0.15) is 17.9 Å². The first-order chi connectivity index (χ1) is 14.5. The third-order valence-electron chi connectivity index (χ3n) is 5.29. The number of guanidine groups is 1. The Labute approximate surface area is 176 Å². The highest BCUT2D eigenvalue weighted by Crippen LogP contribution is 2.30. The number of benzene rings is 2. The van der Waals surface area contributed by atoms with Crippen LogP contribution in [0.15, 0.2) is 54.6 Å². The van der Waals surface area contributed by atoms with Crippen molar-refractivity contribution in [2.24, 2.45) is 17.6 Å². The maximum atomic E-state index is 12.7. The van der Waals surface area contributed by atoms with Gasteiger partial charge >= 0.3 is 11.9 Å². The number of nitrogens with two attached hydrogens (primary N) is 1. The van der Waals surface area contributed by atoms with Crippen molar-refractivity contribution in [2.75, 3.05) is 6.54 Å². The first-order valence-electron chi connectivity index (χ1n) is 10.1. The Hall–Kier alpha value is -3.35. The molecule has 7 nitrogen and oxygen atoms in total. The fourth-order valence-electron chi connectivity index (χ4n) is 3.57. The second-order valence-electron chi connectivity index (χ2n) is 7.49. The molecule has 0 radical (unpaired) electrons. The molecule has 30 heavy (non-hydrogen) atoms. The van der Waals surface area contributed by atoms with Crippen molar-refractivity contribution >= 4 is 17.9 Å². The van der Waals surface area contributed by atoms with Crippen LogP contribution in [0.3, 0.4) is 0 Å². The zero-order valence-electron chi connectivity index (χ0n) is 16.8. The van der Waals surface area contributed by atoms with Gasteiger partial charge in [-0.3, -0.25) is 10.2 Å². The second kappa shape index (κ2) is 10.4. The molecule has 1 fully saturated rings. The molecule has 0 amide bonds. The number of ether oxygens (including phenoxy) is 2. The van der Waals surface area contributed by atoms with Gasteiger partial charge in [-0.15, -0.1) is 0 Å². The van der Waals surface area contributed by atoms with Crippen LogP contribution in [0.5, 0.6) is 5.75 Å². The summed E-state index contributed by atoms with van der Waals surface area (Å²) in [5, 5.41) is 10.1. The van der Waals surface area contributed by atoms with Gasteiger partial charge in [-0.1, -0.05) is 42.5 Å². The number of hydrogen-bond donors (Lipinski definition) is 3. The van der Waals surface area contributed by atoms with E-state index in [2.05, 4.69) is 5.32 Å². The first kappa shape index (κ1) is 21.4. The van der Waals surface area contributed by atoms with Gasteiger partial charge in [0.05, 0.1) is 5.92 Å². The first-order valence-corrected chi connectivity index (χ1v) is 10.1. The topological polar surface area (TPSA) is 115 Å². The Morgan fingerprint density at radius 2 is 1.67 bits per heavy atom. The summed E-state index contributed by atoms with van der Waals surface area (Å²) in [7, 11) is 0. The molecule has 3 rings (SSSR count). The highest BCUT2D eigenvalue weighted by molar-refractivity contribution is 5.93. The molecule has 0 aliphatic heterocycles. The molecule has 158 valence electrons. The SMILES string of the molecule is N=C(N)NC[C@H]1CC[C@H](C(=O)Oc2ccccc2C(=O)OCc2ccccc2)CC1. The molecule has 0 bridgehead atoms. The van der Waals surface area contributed by atoms with Gasteiger partial charge in [0.25, 0.3) is 0 Å². The van der Waals surface area contributed by atoms with Crippen LogP contribution >= 0.6 is 0 Å². The molecular formula is C23H27N3O4. The van der Waals surface area contributed by atoms with Crippen LogP contribution in [0.4, 0.5) is 0 Å². The number of hydrogen-bond acceptors (Lipinski definition) is 5. The molecule has 1 saturated carbocycles. The number of esters is 2. The highest BCUT2D eigenvalue weighted by Gasteiger charge is 2.28. The van der Waals surface area contributed by atoms with Crippen molar-refractivity contribution in [3.05, 3.63) is 65.7 Å². The van der Waals surface area contributed by atoms with Crippen LogP contribution in [0.25, 0.3) is 0 Å². The normalized spacial score (nSPS) is 18.3. The number of carbonyl (C=O) groups is 2. The lowest BCUT2D eigenvalue weighted by atomic mass is 9.82. The quantitative estimate of drug-likeness (QED) is 0.280. The van der Waals surface area contributed by atoms with E-state index in [1.54, 1.807) is 24.3 Å². The smallest absolute Gasteiger partial charge is 0.342 e. The van der Waals surface area contributed by atoms with Crippen molar-refractivity contribution in [3.63, 3.8) is 0 Å². The fourth-order valence-corrected chi connectivity index (χ4v) is 3.57. The molecule has 0 atom stereocenters. The van der Waals surface area contributed by atoms with E-state index in [1.807, 2.05) is 30.3 Å². The van der Waals surface area contributed by atoms with Crippen molar-refractivity contribution in [3.8, 4) is 5.75 Å². The Bertz CT molecular complexity index is 877. The lowest BCUT2D eigenvalue weighted by Crippen LogP contribution is -2.36. The molecule has 1 aliphatic rings. The zero-order valence-corrected chi connectivity index (χ0v) is 16.8. The van der Waals surface area contributed by atoms with E-state index in [9.17, 15) is 9.59 Å². The minimum Gasteiger partial charge on any atom is -0.457 e. The summed E-state index contributed by atoms with van der Waals surface area (Å²) in [6.45, 7) is 0.799. The van der Waals surface area contributed by atoms with Gasteiger partial charge in [-0.25, -0.2) is 4.79 Å². The van der Waals surface area contributed by atoms with Crippen molar-refractivity contribution in [1.82, 2.24) is 5.32 Å². The highest BCUT2D eigenvalue weighted by atomic mass is 16.5. The standard InChI is InChI=1S/C23H27N3O4/c24-23(25)26-14-16-10-12-18(13-11-16)21(27)30-20-9-5-4-8-19(20)22(28)29-15-17-6-2-1-3-7-17/h1-9,16,18H,10-15H2,(H4,24,25,26)/t16-,18-. The summed E-state index contributed by atoms with van der Waals surface area (Å²) in [6, 6.07) is 16.0. The summed E-state index contributed by atoms with van der Waals surface area (Å²) in [5.41, 5.74) is 6.45. The van der Waals surface area contributed by atoms with Gasteiger partial charge < -0.3 is 20.5 Å². The summed E-state index contributed by atoms with van der Waals surface area (Å²) >= 11 is 0. The van der Waals surface area contributed by atoms with Crippen LogP contribution in [-0.4, -0.2) is 24.4 Å². The molecule has 1 aliphatic carbocycles. The van der Waals surface area contributed by atoms with E-state index in [4.69, 9.17) is 20.6 Å². The third kappa shape index (κ3) is 6.07. The zero-order chi connectivity index (χ0) is 21.3. The molecule has 0 saturated heterocycles. The summed E-state index contributed by atoms with van der Waals surface area (Å²) in [5.74, 6) is -0.476. The van der Waals surface area contributed by atoms with E-state index in [-0.39, 0.29) is 35.8 Å². The number of carbonyl (C=O) groups excluding carboxylic acids is 2. The van der Waals surface area contributed by atoms with E-state index in [0.29, 0.717) is 25.3 Å². The third-order valence-corrected chi connectivity index (χ3v) is 5.29. The Morgan fingerprint density at radius 3 is 2.37 bits per heavy atom. The van der Waals surface area contributed by atoms with Crippen LogP contribution in [0, 0.1) is 17.2 Å². The number of nitrogens with one attached hydrogen (secondary N) is 2. The average molecular weight is 409 g/mol. The van der Waals surface area contributed by atoms with E-state index >= 15 is 0 Å². The number of para-hydroxylation sites is 1. The Balaban J connectivity index is 1.55. The summed E-state index contributed by atoms with van der Waals surface area (Å²) < 4.78 is 11.0. The van der Waals surface area contributed by atoms with Gasteiger partial charge in [0.2, 0.25) is 0 Å². The molecule has 4 N–H and O–H groups in total. The Morgan fingerprint density at radius 1 is 1.00 bits per heavy atom. The number of rotatable bonds is 7. The minimum atomic E-state index is -0.527. The predicted molar refractivity (Wildman–Crippen MR) is 113 cm³/mol. The maximum absolute atomic E-state index is 12.7. The molecule has 7 heteroatoms. The maximum Gasteiger partial charge on any atom is 0.342 e. The molecule has 0 spiro atoms. The van der Waals surface area contributed by atoms with Gasteiger partial charge in [-0.2, -0.15) is 0 Å². The molecular weight excluding hydrogens is 382 g/mol. The monoisotopic (exact) mass is 409 g/mol. The average Bonchev–Trinajstić information content (AvgIpc) is 2.77.